The predicted octanol–water partition coefficient (Wildman–Crippen LogP) is 5.19. The van der Waals surface area contributed by atoms with Crippen molar-refractivity contribution in [3.8, 4) is 5.75 Å². The minimum atomic E-state index is 0.345. The van der Waals surface area contributed by atoms with Gasteiger partial charge in [0.2, 0.25) is 0 Å². The van der Waals surface area contributed by atoms with Gasteiger partial charge in [-0.2, -0.15) is 0 Å². The summed E-state index contributed by atoms with van der Waals surface area (Å²) >= 11 is 0. The molecule has 0 aliphatic heterocycles. The van der Waals surface area contributed by atoms with E-state index in [0.717, 1.165) is 24.0 Å². The van der Waals surface area contributed by atoms with Crippen molar-refractivity contribution in [2.45, 2.75) is 26.7 Å². The van der Waals surface area contributed by atoms with Crippen LogP contribution in [0.15, 0.2) is 66.7 Å². The first-order chi connectivity index (χ1) is 11.1. The highest BCUT2D eigenvalue weighted by atomic mass is 16.3. The van der Waals surface area contributed by atoms with Gasteiger partial charge in [-0.15, -0.1) is 0 Å². The van der Waals surface area contributed by atoms with Crippen LogP contribution < -0.4 is 0 Å². The number of phenols is 1. The molecule has 0 saturated carbocycles. The number of rotatable bonds is 4. The third-order valence-corrected chi connectivity index (χ3v) is 4.02. The van der Waals surface area contributed by atoms with Crippen molar-refractivity contribution in [3.05, 3.63) is 100 Å². The van der Waals surface area contributed by atoms with Gasteiger partial charge in [-0.25, -0.2) is 0 Å². The zero-order chi connectivity index (χ0) is 16.2. The molecule has 0 heterocycles. The van der Waals surface area contributed by atoms with E-state index in [-0.39, 0.29) is 0 Å². The number of benzene rings is 3. The van der Waals surface area contributed by atoms with Gasteiger partial charge in [-0.3, -0.25) is 0 Å². The summed E-state index contributed by atoms with van der Waals surface area (Å²) in [5, 5.41) is 10.1. The first kappa shape index (κ1) is 15.4. The van der Waals surface area contributed by atoms with Crippen molar-refractivity contribution >= 4 is 0 Å². The molecule has 3 aromatic carbocycles. The van der Waals surface area contributed by atoms with E-state index in [1.54, 1.807) is 0 Å². The van der Waals surface area contributed by atoms with E-state index >= 15 is 0 Å². The third kappa shape index (κ3) is 4.23. The van der Waals surface area contributed by atoms with Crippen LogP contribution >= 0.6 is 0 Å². The average Bonchev–Trinajstić information content (AvgIpc) is 2.46. The van der Waals surface area contributed by atoms with Crippen molar-refractivity contribution in [1.82, 2.24) is 0 Å². The van der Waals surface area contributed by atoms with Crippen molar-refractivity contribution in [2.24, 2.45) is 0 Å². The molecule has 0 spiro atoms. The Kier molecular flexibility index (Phi) is 4.47. The van der Waals surface area contributed by atoms with E-state index < -0.39 is 0 Å². The molecule has 0 aromatic heterocycles. The zero-order valence-corrected chi connectivity index (χ0v) is 13.7. The van der Waals surface area contributed by atoms with Crippen LogP contribution in [0.4, 0.5) is 0 Å². The largest absolute Gasteiger partial charge is 0.508 e. The molecule has 0 aliphatic rings. The first-order valence-electron chi connectivity index (χ1n) is 8.01. The number of hydrogen-bond donors (Lipinski definition) is 1. The summed E-state index contributed by atoms with van der Waals surface area (Å²) in [5.74, 6) is 0.345. The fourth-order valence-electron chi connectivity index (χ4n) is 3.06. The van der Waals surface area contributed by atoms with E-state index in [0.29, 0.717) is 5.75 Å². The van der Waals surface area contributed by atoms with E-state index in [2.05, 4.69) is 68.4 Å². The molecule has 116 valence electrons. The molecule has 1 nitrogen and oxygen atoms in total. The predicted molar refractivity (Wildman–Crippen MR) is 96.1 cm³/mol. The van der Waals surface area contributed by atoms with Crippen LogP contribution in [0, 0.1) is 13.8 Å². The Hall–Kier alpha value is -2.54. The first-order valence-corrected chi connectivity index (χ1v) is 8.01. The summed E-state index contributed by atoms with van der Waals surface area (Å²) in [6, 6.07) is 23.0. The normalized spacial score (nSPS) is 10.7. The molecular weight excluding hydrogens is 280 g/mol. The maximum absolute atomic E-state index is 10.1. The van der Waals surface area contributed by atoms with Crippen molar-refractivity contribution < 1.29 is 5.11 Å². The smallest absolute Gasteiger partial charge is 0.116 e. The zero-order valence-electron chi connectivity index (χ0n) is 13.7. The Morgan fingerprint density at radius 1 is 0.609 bits per heavy atom. The molecule has 0 amide bonds. The van der Waals surface area contributed by atoms with Gasteiger partial charge in [0.1, 0.15) is 5.75 Å². The molecule has 23 heavy (non-hydrogen) atoms. The molecule has 3 aromatic rings. The van der Waals surface area contributed by atoms with E-state index in [1.807, 2.05) is 12.1 Å². The van der Waals surface area contributed by atoms with E-state index in [4.69, 9.17) is 0 Å². The van der Waals surface area contributed by atoms with Crippen LogP contribution in [0.1, 0.15) is 33.4 Å². The fourth-order valence-corrected chi connectivity index (χ4v) is 3.06. The Balaban J connectivity index is 1.84. The van der Waals surface area contributed by atoms with E-state index in [1.165, 1.54) is 22.3 Å². The van der Waals surface area contributed by atoms with Crippen LogP contribution in [0.3, 0.4) is 0 Å². The molecule has 0 atom stereocenters. The highest BCUT2D eigenvalue weighted by Crippen LogP contribution is 2.21. The number of phenolic OH excluding ortho intramolecular Hbond substituents is 1. The van der Waals surface area contributed by atoms with Gasteiger partial charge < -0.3 is 5.11 Å². The van der Waals surface area contributed by atoms with Gasteiger partial charge in [-0.05, 0) is 61.1 Å². The Labute approximate surface area is 138 Å². The maximum atomic E-state index is 10.1. The van der Waals surface area contributed by atoms with Crippen LogP contribution in [0.2, 0.25) is 0 Å². The lowest BCUT2D eigenvalue weighted by Gasteiger charge is -2.09. The van der Waals surface area contributed by atoms with Crippen molar-refractivity contribution in [1.29, 1.82) is 0 Å². The summed E-state index contributed by atoms with van der Waals surface area (Å²) in [7, 11) is 0. The minimum Gasteiger partial charge on any atom is -0.508 e. The summed E-state index contributed by atoms with van der Waals surface area (Å²) in [6.45, 7) is 4.21. The SMILES string of the molecule is Cc1cccc(Cc2cc(O)cc(Cc3cccc(C)c3)c2)c1. The topological polar surface area (TPSA) is 20.2 Å². The van der Waals surface area contributed by atoms with Crippen LogP contribution in [-0.2, 0) is 12.8 Å². The quantitative estimate of drug-likeness (QED) is 0.703. The van der Waals surface area contributed by atoms with Gasteiger partial charge in [0.25, 0.3) is 0 Å². The van der Waals surface area contributed by atoms with Gasteiger partial charge in [0, 0.05) is 0 Å². The monoisotopic (exact) mass is 302 g/mol. The molecule has 0 radical (unpaired) electrons. The van der Waals surface area contributed by atoms with Gasteiger partial charge in [0.15, 0.2) is 0 Å². The van der Waals surface area contributed by atoms with Crippen LogP contribution in [-0.4, -0.2) is 5.11 Å². The second-order valence-corrected chi connectivity index (χ2v) is 6.34. The summed E-state index contributed by atoms with van der Waals surface area (Å²) in [4.78, 5) is 0. The second kappa shape index (κ2) is 6.70. The average molecular weight is 302 g/mol. The van der Waals surface area contributed by atoms with Gasteiger partial charge >= 0.3 is 0 Å². The molecule has 0 saturated heterocycles. The van der Waals surface area contributed by atoms with Crippen LogP contribution in [0.25, 0.3) is 0 Å². The summed E-state index contributed by atoms with van der Waals surface area (Å²) < 4.78 is 0. The molecule has 1 N–H and O–H groups in total. The molecule has 3 rings (SSSR count). The molecule has 1 heteroatoms. The lowest BCUT2D eigenvalue weighted by atomic mass is 9.97. The van der Waals surface area contributed by atoms with E-state index in [9.17, 15) is 5.11 Å². The maximum Gasteiger partial charge on any atom is 0.116 e. The lowest BCUT2D eigenvalue weighted by molar-refractivity contribution is 0.474. The third-order valence-electron chi connectivity index (χ3n) is 4.02. The highest BCUT2D eigenvalue weighted by molar-refractivity contribution is 5.39. The van der Waals surface area contributed by atoms with Crippen molar-refractivity contribution in [2.75, 3.05) is 0 Å². The van der Waals surface area contributed by atoms with Crippen LogP contribution in [0.5, 0.6) is 5.75 Å². The number of aryl methyl sites for hydroxylation is 2. The lowest BCUT2D eigenvalue weighted by Crippen LogP contribution is -1.94. The van der Waals surface area contributed by atoms with Gasteiger partial charge in [0.05, 0.1) is 0 Å². The molecular formula is C22H22O. The van der Waals surface area contributed by atoms with Crippen molar-refractivity contribution in [3.63, 3.8) is 0 Å². The number of aromatic hydroxyl groups is 1. The fraction of sp³-hybridized carbons (Fsp3) is 0.182. The molecule has 0 aliphatic carbocycles. The Morgan fingerprint density at radius 3 is 1.52 bits per heavy atom. The Morgan fingerprint density at radius 2 is 1.09 bits per heavy atom. The summed E-state index contributed by atoms with van der Waals surface area (Å²) in [6.07, 6.45) is 1.69. The molecule has 0 unspecified atom stereocenters. The summed E-state index contributed by atoms with van der Waals surface area (Å²) in [5.41, 5.74) is 7.39. The van der Waals surface area contributed by atoms with Gasteiger partial charge in [-0.1, -0.05) is 65.7 Å². The highest BCUT2D eigenvalue weighted by Gasteiger charge is 2.04. The molecule has 0 fully saturated rings. The second-order valence-electron chi connectivity index (χ2n) is 6.34. The standard InChI is InChI=1S/C22H22O/c1-16-5-3-7-18(9-16)11-20-13-21(15-22(23)14-20)12-19-8-4-6-17(2)10-19/h3-10,13-15,23H,11-12H2,1-2H3. The number of hydrogen-bond acceptors (Lipinski definition) is 1. The minimum absolute atomic E-state index is 0.345. The molecule has 0 bridgehead atoms. The Bertz CT molecular complexity index is 752.